The molecular weight excluding hydrogens is 370 g/mol. The molecule has 0 spiro atoms. The number of carbonyl (C=O) groups excluding carboxylic acids is 2. The van der Waals surface area contributed by atoms with E-state index in [1.807, 2.05) is 42.6 Å². The van der Waals surface area contributed by atoms with Crippen LogP contribution in [0.5, 0.6) is 0 Å². The molecule has 0 saturated carbocycles. The van der Waals surface area contributed by atoms with Crippen LogP contribution in [0.3, 0.4) is 0 Å². The molecule has 144 valence electrons. The Hall–Kier alpha value is -2.99. The fourth-order valence-electron chi connectivity index (χ4n) is 2.72. The Kier molecular flexibility index (Phi) is 6.55. The Morgan fingerprint density at radius 3 is 2.46 bits per heavy atom. The molecule has 0 aliphatic rings. The number of aromatic nitrogens is 1. The second-order valence-corrected chi connectivity index (χ2v) is 7.48. The third-order valence-corrected chi connectivity index (χ3v) is 5.31. The minimum atomic E-state index is -0.630. The normalized spacial score (nSPS) is 11.6. The number of thiazole rings is 1. The quantitative estimate of drug-likeness (QED) is 0.628. The lowest BCUT2D eigenvalue weighted by atomic mass is 10.1. The number of nitrogens with zero attached hydrogens (tertiary/aromatic N) is 1. The van der Waals surface area contributed by atoms with Gasteiger partial charge in [0, 0.05) is 23.9 Å². The van der Waals surface area contributed by atoms with Gasteiger partial charge in [0.15, 0.2) is 0 Å². The summed E-state index contributed by atoms with van der Waals surface area (Å²) in [5.74, 6) is -1.26. The first-order valence-corrected chi connectivity index (χ1v) is 10.1. The molecule has 3 rings (SSSR count). The van der Waals surface area contributed by atoms with E-state index in [0.717, 1.165) is 21.8 Å². The van der Waals surface area contributed by atoms with E-state index in [4.69, 9.17) is 0 Å². The van der Waals surface area contributed by atoms with E-state index in [1.54, 1.807) is 11.3 Å². The van der Waals surface area contributed by atoms with Gasteiger partial charge < -0.3 is 10.6 Å². The first-order valence-electron chi connectivity index (χ1n) is 9.18. The van der Waals surface area contributed by atoms with E-state index in [0.29, 0.717) is 13.0 Å². The van der Waals surface area contributed by atoms with Crippen molar-refractivity contribution in [1.29, 1.82) is 0 Å². The molecule has 1 heterocycles. The SMILES string of the molecule is Cc1ccc(-c2nc(CCNC(=O)C(=O)N[C@@H](C)c3ccccc3)cs2)cc1. The third-order valence-electron chi connectivity index (χ3n) is 4.37. The van der Waals surface area contributed by atoms with Crippen LogP contribution in [0.2, 0.25) is 0 Å². The fourth-order valence-corrected chi connectivity index (χ4v) is 3.58. The Morgan fingerprint density at radius 1 is 1.04 bits per heavy atom. The predicted octanol–water partition coefficient (Wildman–Crippen LogP) is 3.65. The van der Waals surface area contributed by atoms with E-state index >= 15 is 0 Å². The second-order valence-electron chi connectivity index (χ2n) is 6.62. The smallest absolute Gasteiger partial charge is 0.309 e. The number of benzene rings is 2. The fraction of sp³-hybridized carbons (Fsp3) is 0.227. The lowest BCUT2D eigenvalue weighted by Crippen LogP contribution is -2.41. The molecule has 0 unspecified atom stereocenters. The molecule has 0 radical (unpaired) electrons. The molecular formula is C22H23N3O2S. The Bertz CT molecular complexity index is 936. The van der Waals surface area contributed by atoms with E-state index in [2.05, 4.69) is 46.8 Å². The van der Waals surface area contributed by atoms with Crippen LogP contribution >= 0.6 is 11.3 Å². The maximum absolute atomic E-state index is 12.0. The van der Waals surface area contributed by atoms with Crippen LogP contribution in [0.25, 0.3) is 10.6 Å². The first-order chi connectivity index (χ1) is 13.5. The molecule has 28 heavy (non-hydrogen) atoms. The highest BCUT2D eigenvalue weighted by Gasteiger charge is 2.16. The zero-order chi connectivity index (χ0) is 19.9. The summed E-state index contributed by atoms with van der Waals surface area (Å²) in [6, 6.07) is 17.5. The molecule has 5 nitrogen and oxygen atoms in total. The molecule has 2 N–H and O–H groups in total. The molecule has 6 heteroatoms. The van der Waals surface area contributed by atoms with Gasteiger partial charge in [0.25, 0.3) is 0 Å². The molecule has 0 saturated heterocycles. The van der Waals surface area contributed by atoms with Crippen molar-refractivity contribution in [3.63, 3.8) is 0 Å². The number of aryl methyl sites for hydroxylation is 1. The molecule has 0 aliphatic carbocycles. The number of hydrogen-bond donors (Lipinski definition) is 2. The minimum absolute atomic E-state index is 0.227. The average Bonchev–Trinajstić information content (AvgIpc) is 3.18. The summed E-state index contributed by atoms with van der Waals surface area (Å²) in [5.41, 5.74) is 4.15. The number of rotatable bonds is 6. The summed E-state index contributed by atoms with van der Waals surface area (Å²) >= 11 is 1.58. The number of carbonyl (C=O) groups is 2. The predicted molar refractivity (Wildman–Crippen MR) is 112 cm³/mol. The lowest BCUT2D eigenvalue weighted by molar-refractivity contribution is -0.139. The lowest BCUT2D eigenvalue weighted by Gasteiger charge is -2.13. The topological polar surface area (TPSA) is 71.1 Å². The van der Waals surface area contributed by atoms with Gasteiger partial charge in [-0.2, -0.15) is 0 Å². The van der Waals surface area contributed by atoms with Crippen molar-refractivity contribution in [2.24, 2.45) is 0 Å². The summed E-state index contributed by atoms with van der Waals surface area (Å²) in [6.07, 6.45) is 0.579. The van der Waals surface area contributed by atoms with Crippen molar-refractivity contribution >= 4 is 23.2 Å². The molecule has 1 aromatic heterocycles. The van der Waals surface area contributed by atoms with Gasteiger partial charge >= 0.3 is 11.8 Å². The highest BCUT2D eigenvalue weighted by Crippen LogP contribution is 2.24. The van der Waals surface area contributed by atoms with Crippen molar-refractivity contribution in [2.75, 3.05) is 6.54 Å². The summed E-state index contributed by atoms with van der Waals surface area (Å²) in [5, 5.41) is 8.31. The van der Waals surface area contributed by atoms with Gasteiger partial charge in [-0.1, -0.05) is 60.2 Å². The van der Waals surface area contributed by atoms with Crippen LogP contribution in [0.15, 0.2) is 60.0 Å². The molecule has 2 amide bonds. The van der Waals surface area contributed by atoms with E-state index in [-0.39, 0.29) is 6.04 Å². The van der Waals surface area contributed by atoms with Gasteiger partial charge in [-0.05, 0) is 19.4 Å². The van der Waals surface area contributed by atoms with Crippen LogP contribution in [-0.4, -0.2) is 23.3 Å². The van der Waals surface area contributed by atoms with Gasteiger partial charge in [-0.15, -0.1) is 11.3 Å². The van der Waals surface area contributed by atoms with Gasteiger partial charge in [-0.25, -0.2) is 4.98 Å². The molecule has 0 aliphatic heterocycles. The highest BCUT2D eigenvalue weighted by atomic mass is 32.1. The zero-order valence-corrected chi connectivity index (χ0v) is 16.8. The third kappa shape index (κ3) is 5.27. The van der Waals surface area contributed by atoms with Gasteiger partial charge in [-0.3, -0.25) is 9.59 Å². The zero-order valence-electron chi connectivity index (χ0n) is 15.9. The minimum Gasteiger partial charge on any atom is -0.347 e. The summed E-state index contributed by atoms with van der Waals surface area (Å²) in [6.45, 7) is 4.27. The standard InChI is InChI=1S/C22H23N3O2S/c1-15-8-10-18(11-9-15)22-25-19(14-28-22)12-13-23-20(26)21(27)24-16(2)17-6-4-3-5-7-17/h3-11,14,16H,12-13H2,1-2H3,(H,23,26)(H,24,27)/t16-/m0/s1. The molecule has 0 bridgehead atoms. The Balaban J connectivity index is 1.46. The van der Waals surface area contributed by atoms with Crippen molar-refractivity contribution < 1.29 is 9.59 Å². The number of amides is 2. The summed E-state index contributed by atoms with van der Waals surface area (Å²) in [4.78, 5) is 28.7. The molecule has 3 aromatic rings. The van der Waals surface area contributed by atoms with E-state index in [9.17, 15) is 9.59 Å². The Labute approximate surface area is 168 Å². The van der Waals surface area contributed by atoms with Crippen molar-refractivity contribution in [1.82, 2.24) is 15.6 Å². The summed E-state index contributed by atoms with van der Waals surface area (Å²) < 4.78 is 0. The van der Waals surface area contributed by atoms with Crippen LogP contribution < -0.4 is 10.6 Å². The molecule has 2 aromatic carbocycles. The van der Waals surface area contributed by atoms with Crippen LogP contribution in [-0.2, 0) is 16.0 Å². The van der Waals surface area contributed by atoms with Crippen molar-refractivity contribution in [3.8, 4) is 10.6 Å². The largest absolute Gasteiger partial charge is 0.347 e. The van der Waals surface area contributed by atoms with Crippen LogP contribution in [0.4, 0.5) is 0 Å². The molecule has 1 atom stereocenters. The molecule has 0 fully saturated rings. The first kappa shape index (κ1) is 19.8. The summed E-state index contributed by atoms with van der Waals surface area (Å²) in [7, 11) is 0. The van der Waals surface area contributed by atoms with E-state index < -0.39 is 11.8 Å². The maximum atomic E-state index is 12.0. The van der Waals surface area contributed by atoms with Crippen molar-refractivity contribution in [2.45, 2.75) is 26.3 Å². The highest BCUT2D eigenvalue weighted by molar-refractivity contribution is 7.13. The second kappa shape index (κ2) is 9.28. The van der Waals surface area contributed by atoms with E-state index in [1.165, 1.54) is 5.56 Å². The number of hydrogen-bond acceptors (Lipinski definition) is 4. The van der Waals surface area contributed by atoms with Crippen LogP contribution in [0, 0.1) is 6.92 Å². The Morgan fingerprint density at radius 2 is 1.75 bits per heavy atom. The average molecular weight is 394 g/mol. The van der Waals surface area contributed by atoms with Crippen molar-refractivity contribution in [3.05, 3.63) is 76.8 Å². The monoisotopic (exact) mass is 393 g/mol. The number of nitrogens with one attached hydrogen (secondary N) is 2. The van der Waals surface area contributed by atoms with Gasteiger partial charge in [0.05, 0.1) is 11.7 Å². The van der Waals surface area contributed by atoms with Gasteiger partial charge in [0.2, 0.25) is 0 Å². The van der Waals surface area contributed by atoms with Crippen LogP contribution in [0.1, 0.15) is 29.8 Å². The maximum Gasteiger partial charge on any atom is 0.309 e. The van der Waals surface area contributed by atoms with Gasteiger partial charge in [0.1, 0.15) is 5.01 Å².